The van der Waals surface area contributed by atoms with Crippen molar-refractivity contribution in [2.24, 2.45) is 10.9 Å². The second-order valence-electron chi connectivity index (χ2n) is 6.64. The van der Waals surface area contributed by atoms with Crippen molar-refractivity contribution in [2.75, 3.05) is 19.6 Å². The molecule has 1 saturated carbocycles. The largest absolute Gasteiger partial charge is 0.329 e. The molecule has 1 saturated heterocycles. The first kappa shape index (κ1) is 18.3. The van der Waals surface area contributed by atoms with E-state index in [4.69, 9.17) is 16.2 Å². The molecule has 3 N–H and O–H groups in total. The number of carbonyl (C=O) groups is 1. The third-order valence-corrected chi connectivity index (χ3v) is 4.80. The molecule has 7 nitrogen and oxygen atoms in total. The predicted octanol–water partition coefficient (Wildman–Crippen LogP) is 2.42. The van der Waals surface area contributed by atoms with E-state index in [-0.39, 0.29) is 40.9 Å². The lowest BCUT2D eigenvalue weighted by atomic mass is 10.1. The molecule has 1 aromatic carbocycles. The number of nitrogens with one attached hydrogen (secondary N) is 3. The van der Waals surface area contributed by atoms with Gasteiger partial charge in [0.2, 0.25) is 0 Å². The number of hydrogen-bond donors (Lipinski definition) is 4. The highest BCUT2D eigenvalue weighted by molar-refractivity contribution is 7.99. The fraction of sp³-hybridized carbons (Fsp3) is 0.389. The minimum atomic E-state index is -0.111. The minimum Gasteiger partial charge on any atom is -0.329 e. The Kier molecular flexibility index (Phi) is 5.22. The highest BCUT2D eigenvalue weighted by atomic mass is 32.1. The first-order valence-corrected chi connectivity index (χ1v) is 8.97. The number of amidine groups is 3. The van der Waals surface area contributed by atoms with Crippen LogP contribution in [0.15, 0.2) is 29.3 Å². The summed E-state index contributed by atoms with van der Waals surface area (Å²) in [5.74, 6) is 0.487. The summed E-state index contributed by atoms with van der Waals surface area (Å²) in [4.78, 5) is 19.8. The molecule has 26 heavy (non-hydrogen) atoms. The molecular weight excluding hydrogens is 348 g/mol. The minimum absolute atomic E-state index is 0.00591. The van der Waals surface area contributed by atoms with Crippen LogP contribution in [-0.4, -0.2) is 57.9 Å². The van der Waals surface area contributed by atoms with E-state index < -0.39 is 0 Å². The van der Waals surface area contributed by atoms with Crippen LogP contribution in [0.4, 0.5) is 0 Å². The molecule has 0 aromatic heterocycles. The van der Waals surface area contributed by atoms with E-state index in [2.05, 4.69) is 17.6 Å². The number of aliphatic imine (C=N–C) groups is 1. The van der Waals surface area contributed by atoms with Crippen molar-refractivity contribution in [3.8, 4) is 0 Å². The van der Waals surface area contributed by atoms with Crippen molar-refractivity contribution < 1.29 is 4.79 Å². The Balaban J connectivity index is 1.64. The number of hydrogen-bond acceptors (Lipinski definition) is 4. The molecule has 1 aliphatic heterocycles. The van der Waals surface area contributed by atoms with Gasteiger partial charge >= 0.3 is 0 Å². The van der Waals surface area contributed by atoms with Crippen LogP contribution in [0, 0.1) is 29.1 Å². The maximum atomic E-state index is 12.6. The standard InChI is InChI=1S/C18H22N6OS/c1-11-3-2-4-13(9-11)18(25)23-7-8-24(14(19)10-23)16(21)17(26)22-15(20)12-5-6-12/h2-4,9,12,19,21H,5-8,10H2,1H3,(H2,20,22,26). The number of aryl methyl sites for hydroxylation is 1. The van der Waals surface area contributed by atoms with E-state index in [9.17, 15) is 4.79 Å². The first-order valence-electron chi connectivity index (χ1n) is 8.52. The second-order valence-corrected chi connectivity index (χ2v) is 7.06. The monoisotopic (exact) mass is 370 g/mol. The summed E-state index contributed by atoms with van der Waals surface area (Å²) >= 11 is 4.23. The number of carbonyl (C=O) groups excluding carboxylic acids is 1. The van der Waals surface area contributed by atoms with Crippen LogP contribution < -0.4 is 0 Å². The zero-order valence-electron chi connectivity index (χ0n) is 14.6. The van der Waals surface area contributed by atoms with Gasteiger partial charge in [-0.2, -0.15) is 0 Å². The van der Waals surface area contributed by atoms with Gasteiger partial charge in [0.05, 0.1) is 6.54 Å². The van der Waals surface area contributed by atoms with Gasteiger partial charge in [-0.05, 0) is 31.9 Å². The lowest BCUT2D eigenvalue weighted by Gasteiger charge is -2.36. The van der Waals surface area contributed by atoms with E-state index >= 15 is 0 Å². The molecular formula is C18H22N6OS. The molecule has 1 amide bonds. The van der Waals surface area contributed by atoms with Crippen LogP contribution in [-0.2, 0) is 0 Å². The fourth-order valence-corrected chi connectivity index (χ4v) is 3.05. The molecule has 0 atom stereocenters. The summed E-state index contributed by atoms with van der Waals surface area (Å²) in [7, 11) is 0. The number of rotatable bonds is 3. The molecule has 1 heterocycles. The van der Waals surface area contributed by atoms with Crippen LogP contribution >= 0.6 is 12.6 Å². The van der Waals surface area contributed by atoms with E-state index in [0.29, 0.717) is 18.7 Å². The Morgan fingerprint density at radius 1 is 1.27 bits per heavy atom. The highest BCUT2D eigenvalue weighted by Gasteiger charge is 2.30. The van der Waals surface area contributed by atoms with Gasteiger partial charge in [-0.1, -0.05) is 17.7 Å². The molecule has 2 fully saturated rings. The van der Waals surface area contributed by atoms with Crippen LogP contribution in [0.1, 0.15) is 28.8 Å². The Morgan fingerprint density at radius 2 is 2.00 bits per heavy atom. The summed E-state index contributed by atoms with van der Waals surface area (Å²) in [5, 5.41) is 24.4. The zero-order valence-corrected chi connectivity index (χ0v) is 15.5. The van der Waals surface area contributed by atoms with Crippen LogP contribution in [0.2, 0.25) is 0 Å². The van der Waals surface area contributed by atoms with Crippen molar-refractivity contribution in [1.82, 2.24) is 9.80 Å². The van der Waals surface area contributed by atoms with Crippen molar-refractivity contribution in [1.29, 1.82) is 16.2 Å². The smallest absolute Gasteiger partial charge is 0.254 e. The van der Waals surface area contributed by atoms with Gasteiger partial charge in [-0.3, -0.25) is 21.0 Å². The van der Waals surface area contributed by atoms with E-state index in [1.807, 2.05) is 25.1 Å². The van der Waals surface area contributed by atoms with E-state index in [1.165, 1.54) is 4.90 Å². The average Bonchev–Trinajstić information content (AvgIpc) is 3.45. The van der Waals surface area contributed by atoms with Crippen molar-refractivity contribution in [3.63, 3.8) is 0 Å². The second kappa shape index (κ2) is 7.41. The maximum absolute atomic E-state index is 12.6. The van der Waals surface area contributed by atoms with Gasteiger partial charge in [0.1, 0.15) is 16.7 Å². The number of piperazine rings is 1. The Hall–Kier alpha value is -2.48. The highest BCUT2D eigenvalue weighted by Crippen LogP contribution is 2.30. The Bertz CT molecular complexity index is 814. The van der Waals surface area contributed by atoms with Gasteiger partial charge in [-0.25, -0.2) is 4.99 Å². The average molecular weight is 370 g/mol. The number of nitrogens with zero attached hydrogens (tertiary/aromatic N) is 3. The molecule has 1 aliphatic carbocycles. The molecule has 8 heteroatoms. The quantitative estimate of drug-likeness (QED) is 0.372. The summed E-state index contributed by atoms with van der Waals surface area (Å²) < 4.78 is 0. The van der Waals surface area contributed by atoms with Gasteiger partial charge in [0, 0.05) is 24.6 Å². The third-order valence-electron chi connectivity index (χ3n) is 4.48. The van der Waals surface area contributed by atoms with Gasteiger partial charge in [0.25, 0.3) is 5.91 Å². The lowest BCUT2D eigenvalue weighted by Crippen LogP contribution is -2.54. The van der Waals surface area contributed by atoms with Gasteiger partial charge in [-0.15, -0.1) is 12.6 Å². The molecule has 1 aromatic rings. The number of benzene rings is 1. The van der Waals surface area contributed by atoms with Crippen LogP contribution in [0.25, 0.3) is 0 Å². The van der Waals surface area contributed by atoms with E-state index in [0.717, 1.165) is 18.4 Å². The van der Waals surface area contributed by atoms with Crippen molar-refractivity contribution in [3.05, 3.63) is 35.4 Å². The molecule has 0 bridgehead atoms. The predicted molar refractivity (Wildman–Crippen MR) is 106 cm³/mol. The van der Waals surface area contributed by atoms with Crippen molar-refractivity contribution in [2.45, 2.75) is 19.8 Å². The first-order chi connectivity index (χ1) is 12.4. The Labute approximate surface area is 158 Å². The van der Waals surface area contributed by atoms with Crippen LogP contribution in [0.5, 0.6) is 0 Å². The molecule has 0 radical (unpaired) electrons. The number of thiol groups is 1. The molecule has 0 unspecified atom stereocenters. The maximum Gasteiger partial charge on any atom is 0.254 e. The summed E-state index contributed by atoms with van der Waals surface area (Å²) in [6.07, 6.45) is 1.93. The molecule has 0 spiro atoms. The topological polar surface area (TPSA) is 107 Å². The third kappa shape index (κ3) is 4.01. The van der Waals surface area contributed by atoms with Crippen molar-refractivity contribution >= 4 is 41.1 Å². The molecule has 2 aliphatic rings. The fourth-order valence-electron chi connectivity index (χ4n) is 2.82. The summed E-state index contributed by atoms with van der Waals surface area (Å²) in [6, 6.07) is 7.39. The SMILES string of the molecule is Cc1cccc(C(=O)N2CCN(C(=N)/C(S)=N/C(=N)C3CC3)C(=N)C2)c1. The van der Waals surface area contributed by atoms with Crippen LogP contribution in [0.3, 0.4) is 0 Å². The summed E-state index contributed by atoms with van der Waals surface area (Å²) in [6.45, 7) is 2.82. The summed E-state index contributed by atoms with van der Waals surface area (Å²) in [5.41, 5.74) is 1.62. The lowest BCUT2D eigenvalue weighted by molar-refractivity contribution is 0.0757. The molecule has 136 valence electrons. The normalized spacial score (nSPS) is 18.1. The van der Waals surface area contributed by atoms with E-state index in [1.54, 1.807) is 11.0 Å². The molecule has 3 rings (SSSR count). The van der Waals surface area contributed by atoms with Gasteiger partial charge < -0.3 is 9.80 Å². The zero-order chi connectivity index (χ0) is 18.8. The Morgan fingerprint density at radius 3 is 2.62 bits per heavy atom. The number of amides is 1. The van der Waals surface area contributed by atoms with Gasteiger partial charge in [0.15, 0.2) is 5.84 Å².